The van der Waals surface area contributed by atoms with E-state index in [1.807, 2.05) is 23.9 Å². The molecule has 2 N–H and O–H groups in total. The Hall–Kier alpha value is -1.05. The van der Waals surface area contributed by atoms with Crippen LogP contribution in [0.3, 0.4) is 0 Å². The third-order valence-corrected chi connectivity index (χ3v) is 2.56. The number of aromatic nitrogens is 2. The van der Waals surface area contributed by atoms with Gasteiger partial charge in [-0.25, -0.2) is 0 Å². The average Bonchev–Trinajstić information content (AvgIpc) is 2.92. The maximum Gasteiger partial charge on any atom is 0.191 e. The van der Waals surface area contributed by atoms with Crippen molar-refractivity contribution < 1.29 is 0 Å². The molecule has 0 atom stereocenters. The third kappa shape index (κ3) is 8.95. The topological polar surface area (TPSA) is 54.2 Å². The number of halogens is 1. The van der Waals surface area contributed by atoms with Gasteiger partial charge in [0.05, 0.1) is 0 Å². The molecule has 1 rings (SSSR count). The van der Waals surface area contributed by atoms with Gasteiger partial charge >= 0.3 is 0 Å². The van der Waals surface area contributed by atoms with Gasteiger partial charge in [0.15, 0.2) is 5.96 Å². The van der Waals surface area contributed by atoms with Gasteiger partial charge in [0.25, 0.3) is 0 Å². The second-order valence-electron chi connectivity index (χ2n) is 4.17. The van der Waals surface area contributed by atoms with Crippen molar-refractivity contribution in [2.75, 3.05) is 19.6 Å². The molecule has 0 aromatic carbocycles. The van der Waals surface area contributed by atoms with E-state index in [1.165, 1.54) is 0 Å². The van der Waals surface area contributed by atoms with Crippen LogP contribution in [0.15, 0.2) is 35.6 Å². The van der Waals surface area contributed by atoms with Crippen LogP contribution in [0.2, 0.25) is 0 Å². The predicted molar refractivity (Wildman–Crippen MR) is 95.7 cm³/mol. The summed E-state index contributed by atoms with van der Waals surface area (Å²) >= 11 is 0. The maximum atomic E-state index is 4.54. The summed E-state index contributed by atoms with van der Waals surface area (Å²) in [6.45, 7) is 7.62. The first-order valence-corrected chi connectivity index (χ1v) is 6.97. The second-order valence-corrected chi connectivity index (χ2v) is 4.17. The van der Waals surface area contributed by atoms with Crippen molar-refractivity contribution in [3.63, 3.8) is 0 Å². The van der Waals surface area contributed by atoms with E-state index < -0.39 is 0 Å². The summed E-state index contributed by atoms with van der Waals surface area (Å²) in [5.41, 5.74) is 0. The van der Waals surface area contributed by atoms with Crippen LogP contribution in [0.5, 0.6) is 0 Å². The van der Waals surface area contributed by atoms with Crippen molar-refractivity contribution in [1.82, 2.24) is 20.4 Å². The fourth-order valence-corrected chi connectivity index (χ4v) is 1.64. The highest BCUT2D eigenvalue weighted by molar-refractivity contribution is 14.0. The minimum Gasteiger partial charge on any atom is -0.357 e. The number of aryl methyl sites for hydroxylation is 1. The van der Waals surface area contributed by atoms with Crippen LogP contribution in [0, 0.1) is 0 Å². The summed E-state index contributed by atoms with van der Waals surface area (Å²) in [6.07, 6.45) is 10.0. The smallest absolute Gasteiger partial charge is 0.191 e. The van der Waals surface area contributed by atoms with Gasteiger partial charge in [0.1, 0.15) is 0 Å². The first-order chi connectivity index (χ1) is 9.36. The van der Waals surface area contributed by atoms with Crippen molar-refractivity contribution >= 4 is 29.9 Å². The Morgan fingerprint density at radius 1 is 1.40 bits per heavy atom. The molecule has 0 unspecified atom stereocenters. The van der Waals surface area contributed by atoms with Gasteiger partial charge in [-0.2, -0.15) is 5.10 Å². The summed E-state index contributed by atoms with van der Waals surface area (Å²) in [6, 6.07) is 1.94. The number of allylic oxidation sites excluding steroid dienone is 1. The third-order valence-electron chi connectivity index (χ3n) is 2.56. The van der Waals surface area contributed by atoms with Gasteiger partial charge in [0.2, 0.25) is 0 Å². The zero-order valence-corrected chi connectivity index (χ0v) is 14.7. The molecule has 1 aromatic rings. The molecule has 6 heteroatoms. The van der Waals surface area contributed by atoms with E-state index in [0.717, 1.165) is 45.0 Å². The quantitative estimate of drug-likeness (QED) is 0.235. The molecule has 0 saturated heterocycles. The monoisotopic (exact) mass is 391 g/mol. The van der Waals surface area contributed by atoms with Crippen molar-refractivity contribution in [3.8, 4) is 0 Å². The lowest BCUT2D eigenvalue weighted by Gasteiger charge is -2.10. The number of nitrogens with one attached hydrogen (secondary N) is 2. The second kappa shape index (κ2) is 13.0. The Kier molecular flexibility index (Phi) is 12.3. The lowest BCUT2D eigenvalue weighted by Crippen LogP contribution is -2.37. The zero-order valence-electron chi connectivity index (χ0n) is 12.4. The molecule has 0 amide bonds. The van der Waals surface area contributed by atoms with Crippen LogP contribution >= 0.6 is 24.0 Å². The normalized spacial score (nSPS) is 11.4. The number of guanidine groups is 1. The molecule has 0 aliphatic heterocycles. The minimum atomic E-state index is 0. The average molecular weight is 391 g/mol. The largest absolute Gasteiger partial charge is 0.357 e. The molecule has 0 fully saturated rings. The van der Waals surface area contributed by atoms with Gasteiger partial charge in [-0.05, 0) is 32.8 Å². The van der Waals surface area contributed by atoms with E-state index in [0.29, 0.717) is 0 Å². The Bertz CT molecular complexity index is 373. The fraction of sp³-hybridized carbons (Fsp3) is 0.571. The van der Waals surface area contributed by atoms with Crippen LogP contribution < -0.4 is 10.6 Å². The summed E-state index contributed by atoms with van der Waals surface area (Å²) in [4.78, 5) is 4.54. The van der Waals surface area contributed by atoms with Gasteiger partial charge in [-0.1, -0.05) is 12.2 Å². The van der Waals surface area contributed by atoms with Crippen LogP contribution in [0.1, 0.15) is 26.7 Å². The number of hydrogen-bond acceptors (Lipinski definition) is 2. The fourth-order valence-electron chi connectivity index (χ4n) is 1.64. The van der Waals surface area contributed by atoms with E-state index in [4.69, 9.17) is 0 Å². The molecule has 114 valence electrons. The number of aliphatic imine (C=N–C) groups is 1. The lowest BCUT2D eigenvalue weighted by molar-refractivity contribution is 0.584. The highest BCUT2D eigenvalue weighted by Gasteiger charge is 1.95. The van der Waals surface area contributed by atoms with E-state index >= 15 is 0 Å². The van der Waals surface area contributed by atoms with Crippen LogP contribution in [0.25, 0.3) is 0 Å². The van der Waals surface area contributed by atoms with E-state index in [9.17, 15) is 0 Å². The van der Waals surface area contributed by atoms with Gasteiger partial charge < -0.3 is 10.6 Å². The van der Waals surface area contributed by atoms with E-state index in [1.54, 1.807) is 6.20 Å². The molecule has 0 spiro atoms. The Morgan fingerprint density at radius 3 is 2.90 bits per heavy atom. The standard InChI is InChI=1S/C14H25N5.HI/c1-3-5-6-9-16-14(15-4-2)17-10-7-12-19-13-8-11-18-19;/h3,5,8,11,13H,4,6-7,9-10,12H2,1-2H3,(H2,15,16,17);1H. The molecule has 20 heavy (non-hydrogen) atoms. The minimum absolute atomic E-state index is 0. The van der Waals surface area contributed by atoms with Crippen molar-refractivity contribution in [1.29, 1.82) is 0 Å². The molecule has 0 radical (unpaired) electrons. The van der Waals surface area contributed by atoms with Gasteiger partial charge in [-0.3, -0.25) is 9.67 Å². The number of rotatable bonds is 8. The molecular weight excluding hydrogens is 365 g/mol. The predicted octanol–water partition coefficient (Wildman–Crippen LogP) is 2.41. The lowest BCUT2D eigenvalue weighted by atomic mass is 10.4. The van der Waals surface area contributed by atoms with Gasteiger partial charge in [-0.15, -0.1) is 24.0 Å². The van der Waals surface area contributed by atoms with Crippen LogP contribution in [-0.4, -0.2) is 35.4 Å². The van der Waals surface area contributed by atoms with E-state index in [-0.39, 0.29) is 24.0 Å². The number of nitrogens with zero attached hydrogens (tertiary/aromatic N) is 3. The number of hydrogen-bond donors (Lipinski definition) is 2. The zero-order chi connectivity index (χ0) is 13.8. The molecule has 5 nitrogen and oxygen atoms in total. The molecule has 1 heterocycles. The summed E-state index contributed by atoms with van der Waals surface area (Å²) in [7, 11) is 0. The van der Waals surface area contributed by atoms with Crippen molar-refractivity contribution in [2.24, 2.45) is 4.99 Å². The van der Waals surface area contributed by atoms with Crippen molar-refractivity contribution in [3.05, 3.63) is 30.6 Å². The molecule has 0 bridgehead atoms. The highest BCUT2D eigenvalue weighted by Crippen LogP contribution is 1.90. The maximum absolute atomic E-state index is 4.54. The summed E-state index contributed by atoms with van der Waals surface area (Å²) in [5.74, 6) is 0.896. The highest BCUT2D eigenvalue weighted by atomic mass is 127. The van der Waals surface area contributed by atoms with Gasteiger partial charge in [0, 0.05) is 38.6 Å². The SMILES string of the molecule is CC=CCCNC(=NCCCn1cccn1)NCC.I. The Balaban J connectivity index is 0.00000361. The van der Waals surface area contributed by atoms with Crippen LogP contribution in [-0.2, 0) is 6.54 Å². The molecular formula is C14H26IN5. The summed E-state index contributed by atoms with van der Waals surface area (Å²) < 4.78 is 1.93. The van der Waals surface area contributed by atoms with E-state index in [2.05, 4.69) is 39.8 Å². The van der Waals surface area contributed by atoms with Crippen LogP contribution in [0.4, 0.5) is 0 Å². The Morgan fingerprint density at radius 2 is 2.25 bits per heavy atom. The molecule has 0 aliphatic rings. The molecule has 0 aliphatic carbocycles. The molecule has 0 saturated carbocycles. The first kappa shape index (κ1) is 18.9. The first-order valence-electron chi connectivity index (χ1n) is 6.97. The van der Waals surface area contributed by atoms with Crippen molar-refractivity contribution in [2.45, 2.75) is 33.2 Å². The molecule has 1 aromatic heterocycles. The Labute approximate surface area is 139 Å². The summed E-state index contributed by atoms with van der Waals surface area (Å²) in [5, 5.41) is 10.7.